The highest BCUT2D eigenvalue weighted by Crippen LogP contribution is 2.41. The highest BCUT2D eigenvalue weighted by Gasteiger charge is 2.50. The molecule has 26 heavy (non-hydrogen) atoms. The maximum atomic E-state index is 12.5. The second kappa shape index (κ2) is 8.37. The molecule has 0 radical (unpaired) electrons. The fourth-order valence-corrected chi connectivity index (χ4v) is 4.33. The van der Waals surface area contributed by atoms with E-state index in [1.165, 1.54) is 0 Å². The number of hydrogen-bond acceptors (Lipinski definition) is 5. The molecule has 2 bridgehead atoms. The molecule has 2 saturated heterocycles. The van der Waals surface area contributed by atoms with Crippen molar-refractivity contribution in [2.24, 2.45) is 4.99 Å². The third-order valence-electron chi connectivity index (χ3n) is 5.70. The molecule has 0 amide bonds. The molecule has 6 nitrogen and oxygen atoms in total. The van der Waals surface area contributed by atoms with Gasteiger partial charge in [0.2, 0.25) is 0 Å². The Morgan fingerprint density at radius 1 is 1.27 bits per heavy atom. The summed E-state index contributed by atoms with van der Waals surface area (Å²) in [5.74, 6) is -0.526. The number of quaternary nitrogens is 1. The molecule has 2 aliphatic rings. The quantitative estimate of drug-likeness (QED) is 0.364. The minimum Gasteiger partial charge on any atom is -0.858 e. The first-order valence-electron chi connectivity index (χ1n) is 8.97. The molecule has 1 N–H and O–H groups in total. The van der Waals surface area contributed by atoms with Gasteiger partial charge in [-0.15, -0.1) is 12.4 Å². The third-order valence-corrected chi connectivity index (χ3v) is 5.70. The van der Waals surface area contributed by atoms with Crippen LogP contribution in [0.25, 0.3) is 0 Å². The predicted octanol–water partition coefficient (Wildman–Crippen LogP) is 1.81. The minimum atomic E-state index is -0.373. The fraction of sp³-hybridized carbons (Fsp3) is 0.579. The lowest BCUT2D eigenvalue weighted by Crippen LogP contribution is -2.61. The standard InChI is InChI=1S/C19H26N2O4.ClH/c1-3-25-19(24)13-4-6-14(7-5-13)20-18(23)12-21(2)15-8-9-16(21)11-17(22)10-15;/h4-7,15-17,22H,3,8-12H2,1-2H3;1H. The monoisotopic (exact) mass is 382 g/mol. The molecule has 2 heterocycles. The summed E-state index contributed by atoms with van der Waals surface area (Å²) in [6.45, 7) is 2.45. The SMILES string of the molecule is CCOC(=O)c1ccc(N=C([O-])C[N+]2(C)C3CCC2CC(O)C3)cc1.Cl. The number of aliphatic imine (C=N–C) groups is 1. The van der Waals surface area contributed by atoms with E-state index in [4.69, 9.17) is 4.74 Å². The van der Waals surface area contributed by atoms with E-state index in [0.29, 0.717) is 41.0 Å². The molecule has 0 saturated carbocycles. The Labute approximate surface area is 160 Å². The molecule has 3 rings (SSSR count). The van der Waals surface area contributed by atoms with Crippen LogP contribution in [-0.4, -0.2) is 59.8 Å². The molecule has 7 heteroatoms. The number of aliphatic hydroxyl groups is 1. The molecule has 0 aromatic heterocycles. The van der Waals surface area contributed by atoms with E-state index < -0.39 is 0 Å². The van der Waals surface area contributed by atoms with Crippen molar-refractivity contribution >= 4 is 30.0 Å². The van der Waals surface area contributed by atoms with Gasteiger partial charge in [0.1, 0.15) is 6.54 Å². The molecular weight excluding hydrogens is 356 g/mol. The van der Waals surface area contributed by atoms with Crippen LogP contribution in [0.3, 0.4) is 0 Å². The second-order valence-electron chi connectivity index (χ2n) is 7.29. The Morgan fingerprint density at radius 3 is 2.38 bits per heavy atom. The summed E-state index contributed by atoms with van der Waals surface area (Å²) >= 11 is 0. The van der Waals surface area contributed by atoms with Gasteiger partial charge in [-0.1, -0.05) is 0 Å². The fourth-order valence-electron chi connectivity index (χ4n) is 4.33. The maximum Gasteiger partial charge on any atom is 0.338 e. The zero-order valence-electron chi connectivity index (χ0n) is 15.3. The van der Waals surface area contributed by atoms with Crippen molar-refractivity contribution in [3.8, 4) is 0 Å². The number of halogens is 1. The average molecular weight is 383 g/mol. The first-order valence-corrected chi connectivity index (χ1v) is 8.97. The summed E-state index contributed by atoms with van der Waals surface area (Å²) in [6.07, 6.45) is 3.45. The maximum absolute atomic E-state index is 12.5. The van der Waals surface area contributed by atoms with Gasteiger partial charge in [0, 0.05) is 31.6 Å². The molecule has 1 aromatic carbocycles. The molecule has 144 valence electrons. The normalized spacial score (nSPS) is 30.6. The summed E-state index contributed by atoms with van der Waals surface area (Å²) in [7, 11) is 2.12. The van der Waals surface area contributed by atoms with Crippen molar-refractivity contribution in [1.29, 1.82) is 0 Å². The van der Waals surface area contributed by atoms with Crippen LogP contribution in [0, 0.1) is 0 Å². The summed E-state index contributed by atoms with van der Waals surface area (Å²) in [4.78, 5) is 15.8. The largest absolute Gasteiger partial charge is 0.858 e. The van der Waals surface area contributed by atoms with Crippen LogP contribution in [0.5, 0.6) is 0 Å². The molecule has 1 aromatic rings. The molecule has 0 aliphatic carbocycles. The Balaban J connectivity index is 0.00000243. The van der Waals surface area contributed by atoms with E-state index in [2.05, 4.69) is 12.0 Å². The van der Waals surface area contributed by atoms with Gasteiger partial charge < -0.3 is 19.4 Å². The molecule has 2 aliphatic heterocycles. The molecular formula is C19H27ClN2O4. The highest BCUT2D eigenvalue weighted by molar-refractivity contribution is 5.89. The van der Waals surface area contributed by atoms with Crippen molar-refractivity contribution in [3.05, 3.63) is 29.8 Å². The average Bonchev–Trinajstić information content (AvgIpc) is 2.73. The van der Waals surface area contributed by atoms with Crippen LogP contribution in [0.1, 0.15) is 43.0 Å². The van der Waals surface area contributed by atoms with E-state index in [0.717, 1.165) is 25.7 Å². The van der Waals surface area contributed by atoms with Crippen molar-refractivity contribution < 1.29 is 24.2 Å². The van der Waals surface area contributed by atoms with Gasteiger partial charge in [-0.2, -0.15) is 0 Å². The zero-order chi connectivity index (χ0) is 18.0. The number of fused-ring (bicyclic) bond motifs is 2. The van der Waals surface area contributed by atoms with Crippen molar-refractivity contribution in [2.75, 3.05) is 20.2 Å². The number of hydrogen-bond donors (Lipinski definition) is 1. The number of nitrogens with zero attached hydrogens (tertiary/aromatic N) is 2. The molecule has 2 atom stereocenters. The number of ether oxygens (including phenoxy) is 1. The van der Waals surface area contributed by atoms with Gasteiger partial charge in [0.25, 0.3) is 0 Å². The van der Waals surface area contributed by atoms with Crippen LogP contribution in [0.2, 0.25) is 0 Å². The second-order valence-corrected chi connectivity index (χ2v) is 7.29. The number of esters is 1. The molecule has 2 fully saturated rings. The van der Waals surface area contributed by atoms with Gasteiger partial charge in [0.05, 0.1) is 43.1 Å². The van der Waals surface area contributed by atoms with Gasteiger partial charge in [0.15, 0.2) is 0 Å². The van der Waals surface area contributed by atoms with E-state index >= 15 is 0 Å². The lowest BCUT2D eigenvalue weighted by molar-refractivity contribution is -0.943. The third kappa shape index (κ3) is 4.19. The summed E-state index contributed by atoms with van der Waals surface area (Å²) < 4.78 is 5.64. The summed E-state index contributed by atoms with van der Waals surface area (Å²) in [5, 5.41) is 22.4. The van der Waals surface area contributed by atoms with Crippen molar-refractivity contribution in [3.63, 3.8) is 0 Å². The Bertz CT molecular complexity index is 648. The first kappa shape index (κ1) is 20.7. The Morgan fingerprint density at radius 2 is 1.85 bits per heavy atom. The van der Waals surface area contributed by atoms with E-state index in [-0.39, 0.29) is 30.4 Å². The number of piperidine rings is 1. The van der Waals surface area contributed by atoms with E-state index in [1.807, 2.05) is 0 Å². The van der Waals surface area contributed by atoms with Crippen LogP contribution in [0.15, 0.2) is 29.3 Å². The van der Waals surface area contributed by atoms with Crippen LogP contribution in [0.4, 0.5) is 5.69 Å². The Kier molecular flexibility index (Phi) is 6.66. The summed E-state index contributed by atoms with van der Waals surface area (Å²) in [5.41, 5.74) is 1.00. The highest BCUT2D eigenvalue weighted by atomic mass is 35.5. The number of benzene rings is 1. The van der Waals surface area contributed by atoms with Crippen molar-refractivity contribution in [2.45, 2.75) is 50.8 Å². The van der Waals surface area contributed by atoms with Crippen molar-refractivity contribution in [1.82, 2.24) is 0 Å². The van der Waals surface area contributed by atoms with Crippen LogP contribution >= 0.6 is 12.4 Å². The number of likely N-dealkylation sites (N-methyl/N-ethyl adjacent to an activating group) is 1. The van der Waals surface area contributed by atoms with Gasteiger partial charge in [-0.25, -0.2) is 4.79 Å². The number of carbonyl (C=O) groups is 1. The van der Waals surface area contributed by atoms with E-state index in [9.17, 15) is 15.0 Å². The smallest absolute Gasteiger partial charge is 0.338 e. The number of carbonyl (C=O) groups excluding carboxylic acids is 1. The first-order chi connectivity index (χ1) is 11.9. The Hall–Kier alpha value is -1.63. The van der Waals surface area contributed by atoms with E-state index in [1.54, 1.807) is 31.2 Å². The van der Waals surface area contributed by atoms with Crippen LogP contribution < -0.4 is 5.11 Å². The summed E-state index contributed by atoms with van der Waals surface area (Å²) in [6, 6.07) is 7.28. The lowest BCUT2D eigenvalue weighted by Gasteiger charge is -2.47. The topological polar surface area (TPSA) is 82.0 Å². The molecule has 2 unspecified atom stereocenters. The minimum absolute atomic E-state index is 0. The van der Waals surface area contributed by atoms with Gasteiger partial charge in [-0.05, 0) is 31.2 Å². The predicted molar refractivity (Wildman–Crippen MR) is 99.8 cm³/mol. The zero-order valence-corrected chi connectivity index (χ0v) is 16.1. The van der Waals surface area contributed by atoms with Gasteiger partial charge >= 0.3 is 5.97 Å². The lowest BCUT2D eigenvalue weighted by atomic mass is 9.97. The number of aliphatic hydroxyl groups excluding tert-OH is 1. The molecule has 0 spiro atoms. The van der Waals surface area contributed by atoms with Gasteiger partial charge in [-0.3, -0.25) is 4.99 Å². The van der Waals surface area contributed by atoms with Crippen LogP contribution in [-0.2, 0) is 4.74 Å². The number of rotatable bonds is 5.